The van der Waals surface area contributed by atoms with E-state index in [1.165, 1.54) is 18.2 Å². The molecule has 0 unspecified atom stereocenters. The molecule has 0 radical (unpaired) electrons. The van der Waals surface area contributed by atoms with Crippen LogP contribution in [-0.2, 0) is 42.9 Å². The van der Waals surface area contributed by atoms with Gasteiger partial charge in [-0.25, -0.2) is 0 Å². The molecule has 1 fully saturated rings. The summed E-state index contributed by atoms with van der Waals surface area (Å²) in [5.41, 5.74) is -0.200. The second-order valence-electron chi connectivity index (χ2n) is 7.49. The summed E-state index contributed by atoms with van der Waals surface area (Å²) < 4.78 is 26.8. The van der Waals surface area contributed by atoms with Gasteiger partial charge in [-0.1, -0.05) is 12.1 Å². The third kappa shape index (κ3) is 8.13. The monoisotopic (exact) mass is 527 g/mol. The topological polar surface area (TPSA) is 182 Å². The number of hydrogen-bond acceptors (Lipinski definition) is 12. The first kappa shape index (κ1) is 28.4. The van der Waals surface area contributed by atoms with Gasteiger partial charge in [-0.15, -0.1) is 0 Å². The summed E-state index contributed by atoms with van der Waals surface area (Å²) in [6.45, 7) is 4.02. The van der Waals surface area contributed by atoms with Crippen molar-refractivity contribution in [2.24, 2.45) is 0 Å². The second kappa shape index (κ2) is 12.7. The van der Waals surface area contributed by atoms with E-state index in [1.54, 1.807) is 6.07 Å². The Morgan fingerprint density at radius 2 is 1.50 bits per heavy atom. The first-order chi connectivity index (χ1) is 16.9. The van der Waals surface area contributed by atoms with Gasteiger partial charge in [0.15, 0.2) is 29.7 Å². The highest BCUT2D eigenvalue weighted by atomic mass is 32.1. The Morgan fingerprint density at radius 1 is 0.944 bits per heavy atom. The van der Waals surface area contributed by atoms with Gasteiger partial charge in [0.2, 0.25) is 0 Å². The van der Waals surface area contributed by atoms with E-state index in [1.807, 2.05) is 0 Å². The lowest BCUT2D eigenvalue weighted by Gasteiger charge is -2.44. The van der Waals surface area contributed by atoms with E-state index in [-0.39, 0.29) is 16.5 Å². The Hall–Kier alpha value is -3.85. The van der Waals surface area contributed by atoms with Gasteiger partial charge in [-0.3, -0.25) is 29.3 Å². The van der Waals surface area contributed by atoms with Gasteiger partial charge in [0.05, 0.1) is 4.92 Å². The molecule has 0 spiro atoms. The molecule has 2 rings (SSSR count). The van der Waals surface area contributed by atoms with Crippen LogP contribution in [0.25, 0.3) is 0 Å². The molecule has 196 valence electrons. The number of benzene rings is 1. The number of nitrogens with one attached hydrogen (secondary N) is 2. The lowest BCUT2D eigenvalue weighted by atomic mass is 9.97. The van der Waals surface area contributed by atoms with Crippen molar-refractivity contribution < 1.29 is 47.8 Å². The number of anilines is 1. The molecule has 0 bridgehead atoms. The molecule has 0 amide bonds. The number of esters is 4. The zero-order chi connectivity index (χ0) is 27.0. The fourth-order valence-electron chi connectivity index (χ4n) is 3.37. The number of rotatable bonds is 8. The fraction of sp³-hybridized carbons (Fsp3) is 0.476. The van der Waals surface area contributed by atoms with Gasteiger partial charge in [0, 0.05) is 33.8 Å². The lowest BCUT2D eigenvalue weighted by Crippen LogP contribution is -2.66. The van der Waals surface area contributed by atoms with Gasteiger partial charge < -0.3 is 34.3 Å². The van der Waals surface area contributed by atoms with Crippen LogP contribution in [0.4, 0.5) is 11.4 Å². The summed E-state index contributed by atoms with van der Waals surface area (Å²) in [6, 6.07) is 5.70. The predicted molar refractivity (Wildman–Crippen MR) is 124 cm³/mol. The number of nitro benzene ring substituents is 1. The lowest BCUT2D eigenvalue weighted by molar-refractivity contribution is -0.383. The van der Waals surface area contributed by atoms with E-state index in [0.717, 1.165) is 27.7 Å². The van der Waals surface area contributed by atoms with E-state index in [0.29, 0.717) is 0 Å². The normalized spacial score (nSPS) is 22.9. The largest absolute Gasteiger partial charge is 0.463 e. The highest BCUT2D eigenvalue weighted by molar-refractivity contribution is 7.80. The van der Waals surface area contributed by atoms with E-state index < -0.39 is 66.1 Å². The van der Waals surface area contributed by atoms with Crippen molar-refractivity contribution in [3.63, 3.8) is 0 Å². The smallest absolute Gasteiger partial charge is 0.303 e. The van der Waals surface area contributed by atoms with Gasteiger partial charge >= 0.3 is 23.9 Å². The van der Waals surface area contributed by atoms with Crippen LogP contribution in [0.15, 0.2) is 24.3 Å². The minimum absolute atomic E-state index is 0.0608. The molecule has 0 saturated carbocycles. The molecule has 1 aliphatic rings. The van der Waals surface area contributed by atoms with Crippen LogP contribution in [0.2, 0.25) is 0 Å². The minimum Gasteiger partial charge on any atom is -0.463 e. The summed E-state index contributed by atoms with van der Waals surface area (Å²) in [5.74, 6) is -3.01. The molecule has 0 aromatic heterocycles. The molecule has 36 heavy (non-hydrogen) atoms. The average Bonchev–Trinajstić information content (AvgIpc) is 2.75. The van der Waals surface area contributed by atoms with Gasteiger partial charge in [-0.05, 0) is 18.3 Å². The maximum absolute atomic E-state index is 11.9. The second-order valence-corrected chi connectivity index (χ2v) is 7.90. The molecule has 2 N–H and O–H groups in total. The molecule has 14 nitrogen and oxygen atoms in total. The number of hydrogen-bond donors (Lipinski definition) is 2. The van der Waals surface area contributed by atoms with E-state index in [2.05, 4.69) is 10.6 Å². The van der Waals surface area contributed by atoms with Crippen LogP contribution >= 0.6 is 12.2 Å². The minimum atomic E-state index is -1.39. The van der Waals surface area contributed by atoms with Crippen LogP contribution in [0.1, 0.15) is 27.7 Å². The Balaban J connectivity index is 2.40. The summed E-state index contributed by atoms with van der Waals surface area (Å²) in [7, 11) is 0. The molecular weight excluding hydrogens is 502 g/mol. The van der Waals surface area contributed by atoms with E-state index in [4.69, 9.17) is 35.9 Å². The molecular formula is C21H25N3O11S. The predicted octanol–water partition coefficient (Wildman–Crippen LogP) is 0.964. The summed E-state index contributed by atoms with van der Waals surface area (Å²) in [4.78, 5) is 57.6. The molecule has 5 atom stereocenters. The highest BCUT2D eigenvalue weighted by Gasteiger charge is 2.52. The van der Waals surface area contributed by atoms with Crippen LogP contribution in [0.3, 0.4) is 0 Å². The molecule has 15 heteroatoms. The maximum Gasteiger partial charge on any atom is 0.303 e. The Morgan fingerprint density at radius 3 is 2.06 bits per heavy atom. The maximum atomic E-state index is 11.9. The first-order valence-corrected chi connectivity index (χ1v) is 10.9. The van der Waals surface area contributed by atoms with Crippen molar-refractivity contribution >= 4 is 52.6 Å². The summed E-state index contributed by atoms with van der Waals surface area (Å²) in [6.07, 6.45) is -6.62. The van der Waals surface area contributed by atoms with Crippen molar-refractivity contribution in [3.8, 4) is 0 Å². The highest BCUT2D eigenvalue weighted by Crippen LogP contribution is 2.29. The molecule has 0 aliphatic carbocycles. The number of nitro groups is 1. The van der Waals surface area contributed by atoms with Crippen molar-refractivity contribution in [2.75, 3.05) is 11.9 Å². The molecule has 1 aromatic rings. The quantitative estimate of drug-likeness (QED) is 0.160. The third-order valence-electron chi connectivity index (χ3n) is 4.61. The first-order valence-electron chi connectivity index (χ1n) is 10.5. The van der Waals surface area contributed by atoms with Crippen molar-refractivity contribution in [1.82, 2.24) is 5.32 Å². The van der Waals surface area contributed by atoms with Gasteiger partial charge in [0.25, 0.3) is 5.69 Å². The number of ether oxygens (including phenoxy) is 5. The molecule has 1 heterocycles. The third-order valence-corrected chi connectivity index (χ3v) is 4.83. The van der Waals surface area contributed by atoms with Crippen molar-refractivity contribution in [3.05, 3.63) is 34.4 Å². The van der Waals surface area contributed by atoms with Crippen LogP contribution in [0, 0.1) is 10.1 Å². The number of nitrogens with zero attached hydrogens (tertiary/aromatic N) is 1. The SMILES string of the molecule is CC(=O)OC[C@@H]1O[C@H](NC(=S)Nc2ccccc2[N+](=O)[O-])[C@H](OC(C)=O)[C@H](OC(C)=O)[C@H]1OC(C)=O. The van der Waals surface area contributed by atoms with E-state index in [9.17, 15) is 29.3 Å². The average molecular weight is 528 g/mol. The fourth-order valence-corrected chi connectivity index (χ4v) is 3.60. The standard InChI is InChI=1S/C21H25N3O11S/c1-10(25)31-9-16-17(32-11(2)26)18(33-12(3)27)19(34-13(4)28)20(35-16)23-21(36)22-14-7-5-6-8-15(14)24(29)30/h5-8,16-20H,9H2,1-4H3,(H2,22,23,36)/t16-,17-,18+,19+,20-/m0/s1. The van der Waals surface area contributed by atoms with Crippen molar-refractivity contribution in [2.45, 2.75) is 58.3 Å². The Kier molecular flexibility index (Phi) is 10.0. The summed E-state index contributed by atoms with van der Waals surface area (Å²) >= 11 is 5.26. The number of carbonyl (C=O) groups excluding carboxylic acids is 4. The zero-order valence-electron chi connectivity index (χ0n) is 19.7. The van der Waals surface area contributed by atoms with Gasteiger partial charge in [0.1, 0.15) is 18.4 Å². The van der Waals surface area contributed by atoms with Gasteiger partial charge in [-0.2, -0.15) is 0 Å². The zero-order valence-corrected chi connectivity index (χ0v) is 20.6. The Bertz CT molecular complexity index is 1030. The number of carbonyl (C=O) groups is 4. The van der Waals surface area contributed by atoms with Crippen LogP contribution in [-0.4, -0.2) is 71.2 Å². The molecule has 1 aliphatic heterocycles. The number of thiocarbonyl (C=S) groups is 1. The summed E-state index contributed by atoms with van der Waals surface area (Å²) in [5, 5.41) is 16.5. The van der Waals surface area contributed by atoms with Crippen molar-refractivity contribution in [1.29, 1.82) is 0 Å². The molecule has 1 aromatic carbocycles. The van der Waals surface area contributed by atoms with E-state index >= 15 is 0 Å². The van der Waals surface area contributed by atoms with Crippen LogP contribution < -0.4 is 10.6 Å². The Labute approximate surface area is 210 Å². The number of para-hydroxylation sites is 2. The van der Waals surface area contributed by atoms with Crippen LogP contribution in [0.5, 0.6) is 0 Å². The molecule has 1 saturated heterocycles.